The lowest BCUT2D eigenvalue weighted by atomic mass is 9.95. The molecule has 35 heteroatoms. The van der Waals surface area contributed by atoms with E-state index in [9.17, 15) is 33.6 Å². The SMILES string of the molecule is CC1(N(C(=O)Nc2ccc(Cl)cc2)c2ccc(Cl)cc2)COC1.COC(=O)C1(Nc2ccc(Cl)cc2)COC1.Cc1cccc(Br)c1.Clc1ccc(I)cc1.NC1(C(=O)O)COC1.O=C(O)C1(Nc2ccc(Cl)cc2)COC1.O=C1N(c2ccc(Cl)cc2)C(=O)C2(COC2)N1c1ccc(Cl)cc1.O=C=Nc1ccc(Cl)cc1.O=C=O. The Bertz CT molecular complexity index is 4780. The highest BCUT2D eigenvalue weighted by atomic mass is 127. The Morgan fingerprint density at radius 3 is 1.23 bits per heavy atom. The van der Waals surface area contributed by atoms with E-state index in [1.54, 1.807) is 150 Å². The van der Waals surface area contributed by atoms with E-state index in [2.05, 4.69) is 83.3 Å². The second-order valence-corrected chi connectivity index (χ2v) is 31.3. The molecule has 6 aliphatic heterocycles. The van der Waals surface area contributed by atoms with E-state index in [1.165, 1.54) is 32.1 Å². The number of nitrogens with two attached hydrogens (primary N) is 1. The van der Waals surface area contributed by atoms with Crippen LogP contribution < -0.4 is 36.4 Å². The highest BCUT2D eigenvalue weighted by Gasteiger charge is 2.63. The number of amides is 5. The van der Waals surface area contributed by atoms with Crippen LogP contribution in [0.3, 0.4) is 0 Å². The number of isocyanates is 1. The van der Waals surface area contributed by atoms with Gasteiger partial charge in [0, 0.05) is 76.7 Å². The maximum Gasteiger partial charge on any atom is 0.373 e. The van der Waals surface area contributed by atoms with Gasteiger partial charge in [-0.05, 0) is 243 Å². The largest absolute Gasteiger partial charge is 0.480 e. The van der Waals surface area contributed by atoms with Crippen LogP contribution in [0.15, 0.2) is 228 Å². The molecule has 0 aliphatic carbocycles. The van der Waals surface area contributed by atoms with Gasteiger partial charge in [0.1, 0.15) is 0 Å². The van der Waals surface area contributed by atoms with Gasteiger partial charge >= 0.3 is 36.1 Å². The molecule has 15 rings (SSSR count). The number of nitrogens with zero attached hydrogens (tertiary/aromatic N) is 4. The van der Waals surface area contributed by atoms with Gasteiger partial charge in [-0.2, -0.15) is 14.6 Å². The van der Waals surface area contributed by atoms with Gasteiger partial charge in [0.05, 0.1) is 90.1 Å². The first-order chi connectivity index (χ1) is 54.8. The number of anilines is 6. The number of hydrogen-bond donors (Lipinski definition) is 6. The highest BCUT2D eigenvalue weighted by molar-refractivity contribution is 14.1. The summed E-state index contributed by atoms with van der Waals surface area (Å²) in [7, 11) is 1.37. The zero-order valence-corrected chi connectivity index (χ0v) is 70.8. The standard InChI is InChI=1S/C17H12Cl2N2O3.C17H16Cl2N2O2.C11H12ClNO3.C10H10ClNO3.C7H7Br.C7H4ClNO.C6H4ClI.C4H7NO3.CO2/c18-11-1-5-13(6-2-11)20-15(22)17(9-24-10-17)21(16(20)23)14-7-3-12(19)4-8-14;1-17(10-23-11-17)21(15-8-4-13(19)5-9-15)16(22)20-14-6-2-12(18)3-7-14;1-15-10(14)11(6-16-7-11)13-9-4-2-8(12)3-5-9;11-7-1-3-8(4-2-7)12-10(9(13)14)5-15-6-10;1-6-3-2-4-7(8)5-6;8-6-1-3-7(4-2-6)9-5-10;7-5-1-3-6(8)4-2-5;5-4(3(6)7)1-8-2-4;2-1-3/h1-8H,9-10H2;2-9H,10-11H2,1H3,(H,20,22);2-5,13H,6-7H2,1H3;1-4,12H,5-6H2,(H,13,14);2-5H,1H3;1-4H;1-4H;1-2,5H2,(H,6,7);. The van der Waals surface area contributed by atoms with Crippen molar-refractivity contribution >= 4 is 219 Å². The van der Waals surface area contributed by atoms with Gasteiger partial charge in [0.15, 0.2) is 22.2 Å². The Kier molecular flexibility index (Phi) is 36.2. The van der Waals surface area contributed by atoms with Crippen LogP contribution in [0.2, 0.25) is 40.2 Å². The Morgan fingerprint density at radius 1 is 0.530 bits per heavy atom. The van der Waals surface area contributed by atoms with Crippen molar-refractivity contribution in [1.82, 2.24) is 0 Å². The summed E-state index contributed by atoms with van der Waals surface area (Å²) in [6, 6.07) is 63.5. The molecule has 6 aliphatic rings. The van der Waals surface area contributed by atoms with Crippen LogP contribution >= 0.6 is 131 Å². The van der Waals surface area contributed by atoms with E-state index in [4.69, 9.17) is 142 Å². The lowest BCUT2D eigenvalue weighted by molar-refractivity contribution is -0.192. The van der Waals surface area contributed by atoms with Crippen LogP contribution in [0.5, 0.6) is 0 Å². The Labute approximate surface area is 723 Å². The molecule has 0 saturated carbocycles. The third-order valence-corrected chi connectivity index (χ3v) is 20.0. The van der Waals surface area contributed by atoms with E-state index in [0.717, 1.165) is 26.6 Å². The summed E-state index contributed by atoms with van der Waals surface area (Å²) in [4.78, 5) is 105. The molecule has 25 nitrogen and oxygen atoms in total. The average molecular weight is 1910 g/mol. The van der Waals surface area contributed by atoms with E-state index in [-0.39, 0.29) is 69.2 Å². The van der Waals surface area contributed by atoms with E-state index < -0.39 is 40.1 Å². The molecule has 0 aromatic heterocycles. The lowest BCUT2D eigenvalue weighted by Gasteiger charge is -2.46. The first kappa shape index (κ1) is 93.4. The molecule has 1 spiro atoms. The summed E-state index contributed by atoms with van der Waals surface area (Å²) in [6.07, 6.45) is 1.69. The van der Waals surface area contributed by atoms with Gasteiger partial charge in [0.25, 0.3) is 5.91 Å². The third-order valence-electron chi connectivity index (χ3n) is 16.8. The van der Waals surface area contributed by atoms with Gasteiger partial charge in [-0.15, -0.1) is 0 Å². The first-order valence-corrected chi connectivity index (χ1v) is 38.7. The minimum Gasteiger partial charge on any atom is -0.480 e. The molecule has 7 N–H and O–H groups in total. The van der Waals surface area contributed by atoms with Crippen molar-refractivity contribution in [1.29, 1.82) is 0 Å². The summed E-state index contributed by atoms with van der Waals surface area (Å²) in [5.41, 5.74) is 6.98. The molecule has 0 bridgehead atoms. The van der Waals surface area contributed by atoms with Crippen LogP contribution in [0, 0.1) is 10.5 Å². The number of nitrogens with one attached hydrogen (secondary N) is 3. The minimum atomic E-state index is -1.08. The fourth-order valence-electron chi connectivity index (χ4n) is 10.5. The smallest absolute Gasteiger partial charge is 0.373 e. The molecule has 6 saturated heterocycles. The van der Waals surface area contributed by atoms with Gasteiger partial charge in [-0.1, -0.05) is 126 Å². The third kappa shape index (κ3) is 26.9. The summed E-state index contributed by atoms with van der Waals surface area (Å²) >= 11 is 51.9. The normalized spacial score (nSPS) is 15.6. The Balaban J connectivity index is 0.000000187. The van der Waals surface area contributed by atoms with E-state index in [1.807, 2.05) is 67.6 Å². The molecular weight excluding hydrogens is 1840 g/mol. The highest BCUT2D eigenvalue weighted by Crippen LogP contribution is 2.42. The number of imide groups is 1. The van der Waals surface area contributed by atoms with Crippen LogP contribution in [0.1, 0.15) is 12.5 Å². The Hall–Kier alpha value is -8.75. The number of esters is 1. The van der Waals surface area contributed by atoms with E-state index >= 15 is 0 Å². The second-order valence-electron chi connectivity index (χ2n) is 25.6. The predicted molar refractivity (Wildman–Crippen MR) is 455 cm³/mol. The topological polar surface area (TPSA) is 334 Å². The summed E-state index contributed by atoms with van der Waals surface area (Å²) in [5.74, 6) is -2.49. The number of benzene rings is 9. The van der Waals surface area contributed by atoms with Gasteiger partial charge in [-0.25, -0.2) is 28.9 Å². The zero-order chi connectivity index (χ0) is 84.1. The average Bonchev–Trinajstić information content (AvgIpc) is 1.55. The van der Waals surface area contributed by atoms with Crippen molar-refractivity contribution in [3.63, 3.8) is 0 Å². The molecule has 115 heavy (non-hydrogen) atoms. The molecule has 604 valence electrons. The van der Waals surface area contributed by atoms with Crippen LogP contribution in [0.25, 0.3) is 0 Å². The molecule has 0 atom stereocenters. The van der Waals surface area contributed by atoms with Crippen LogP contribution in [-0.2, 0) is 62.0 Å². The molecule has 6 heterocycles. The summed E-state index contributed by atoms with van der Waals surface area (Å²) < 4.78 is 32.3. The molecule has 5 amide bonds. The van der Waals surface area contributed by atoms with Gasteiger partial charge < -0.3 is 60.3 Å². The number of rotatable bonds is 13. The summed E-state index contributed by atoms with van der Waals surface area (Å²) in [5, 5.41) is 31.3. The van der Waals surface area contributed by atoms with Gasteiger partial charge in [0.2, 0.25) is 6.08 Å². The number of urea groups is 2. The van der Waals surface area contributed by atoms with Crippen molar-refractivity contribution in [2.45, 2.75) is 41.5 Å². The van der Waals surface area contributed by atoms with Crippen molar-refractivity contribution in [3.8, 4) is 0 Å². The van der Waals surface area contributed by atoms with Crippen molar-refractivity contribution < 1.29 is 81.8 Å². The maximum absolute atomic E-state index is 13.0. The quantitative estimate of drug-likeness (QED) is 0.0205. The summed E-state index contributed by atoms with van der Waals surface area (Å²) in [6.45, 7) is 6.68. The molecule has 6 fully saturated rings. The fourth-order valence-corrected chi connectivity index (χ4v) is 12.3. The van der Waals surface area contributed by atoms with Crippen LogP contribution in [0.4, 0.5) is 49.4 Å². The van der Waals surface area contributed by atoms with Crippen LogP contribution in [-0.4, -0.2) is 159 Å². The monoisotopic (exact) mass is 1900 g/mol. The van der Waals surface area contributed by atoms with E-state index in [0.29, 0.717) is 84.3 Å². The lowest BCUT2D eigenvalue weighted by Crippen LogP contribution is -2.64. The Morgan fingerprint density at radius 2 is 0.913 bits per heavy atom. The number of aliphatic imine (C=N–C) groups is 1. The number of halogens is 10. The predicted octanol–water partition coefficient (Wildman–Crippen LogP) is 18.1. The molecule has 9 aromatic carbocycles. The van der Waals surface area contributed by atoms with Crippen molar-refractivity contribution in [2.75, 3.05) is 104 Å². The molecule has 0 radical (unpaired) electrons. The first-order valence-electron chi connectivity index (χ1n) is 33.8. The maximum atomic E-state index is 13.0. The van der Waals surface area contributed by atoms with Gasteiger partial charge in [-0.3, -0.25) is 19.4 Å². The molecule has 0 unspecified atom stereocenters. The zero-order valence-electron chi connectivity index (χ0n) is 61.0. The second kappa shape index (κ2) is 44.5. The number of carboxylic acids is 2. The number of aryl methyl sites for hydroxylation is 1. The van der Waals surface area contributed by atoms with Crippen molar-refractivity contribution in [3.05, 3.63) is 272 Å². The molecular formula is C80H72BrCl8IN8O17. The van der Waals surface area contributed by atoms with Crippen molar-refractivity contribution in [2.24, 2.45) is 10.7 Å². The number of hydrogen-bond acceptors (Lipinski definition) is 19. The minimum absolute atomic E-state index is 0.141. The number of carboxylic acid groups (broad SMARTS) is 2. The number of aliphatic carboxylic acids is 2. The number of methoxy groups -OCH3 is 1. The number of ether oxygens (including phenoxy) is 6. The number of carbonyl (C=O) groups is 6. The fraction of sp³-hybridized carbons (Fsp3) is 0.225. The molecule has 9 aromatic rings. The number of carbonyl (C=O) groups excluding carboxylic acids is 7.